The van der Waals surface area contributed by atoms with E-state index in [1.165, 1.54) is 0 Å². The number of benzene rings is 1. The Balaban J connectivity index is 3.04. The molecule has 0 atom stereocenters. The topological polar surface area (TPSA) is 40.5 Å². The molecule has 0 saturated carbocycles. The van der Waals surface area contributed by atoms with Crippen LogP contribution >= 0.6 is 11.6 Å². The van der Waals surface area contributed by atoms with E-state index < -0.39 is 5.97 Å². The van der Waals surface area contributed by atoms with E-state index >= 15 is 0 Å². The Hall–Kier alpha value is -1.22. The zero-order valence-corrected chi connectivity index (χ0v) is 10.3. The molecule has 1 N–H and O–H groups in total. The van der Waals surface area contributed by atoms with E-state index in [4.69, 9.17) is 16.7 Å². The van der Waals surface area contributed by atoms with Crippen molar-refractivity contribution in [1.82, 2.24) is 0 Å². The summed E-state index contributed by atoms with van der Waals surface area (Å²) >= 11 is 6.04. The molecule has 0 fully saturated rings. The highest BCUT2D eigenvalue weighted by atomic mass is 35.5. The van der Waals surface area contributed by atoms with Crippen LogP contribution in [0, 0.1) is 0 Å². The molecule has 0 aliphatic heterocycles. The Morgan fingerprint density at radius 3 is 2.75 bits per heavy atom. The van der Waals surface area contributed by atoms with Crippen LogP contribution in [0.25, 0.3) is 0 Å². The van der Waals surface area contributed by atoms with Gasteiger partial charge >= 0.3 is 5.97 Å². The Morgan fingerprint density at radius 1 is 1.50 bits per heavy atom. The molecular weight excluding hydrogens is 226 g/mol. The van der Waals surface area contributed by atoms with Gasteiger partial charge in [-0.05, 0) is 18.6 Å². The third-order valence-corrected chi connectivity index (χ3v) is 2.75. The Kier molecular flexibility index (Phi) is 4.62. The summed E-state index contributed by atoms with van der Waals surface area (Å²) < 4.78 is 0. The van der Waals surface area contributed by atoms with E-state index in [0.717, 1.165) is 19.4 Å². The molecule has 0 saturated heterocycles. The molecule has 88 valence electrons. The van der Waals surface area contributed by atoms with Gasteiger partial charge in [-0.25, -0.2) is 4.79 Å². The minimum absolute atomic E-state index is 0.256. The summed E-state index contributed by atoms with van der Waals surface area (Å²) in [6, 6.07) is 4.95. The van der Waals surface area contributed by atoms with Crippen LogP contribution in [0.15, 0.2) is 18.2 Å². The summed E-state index contributed by atoms with van der Waals surface area (Å²) in [5, 5.41) is 9.56. The second-order valence-electron chi connectivity index (χ2n) is 3.72. The maximum absolute atomic E-state index is 11.1. The normalized spacial score (nSPS) is 10.2. The molecule has 0 bridgehead atoms. The van der Waals surface area contributed by atoms with E-state index in [9.17, 15) is 4.79 Å². The second kappa shape index (κ2) is 5.75. The molecule has 0 amide bonds. The zero-order valence-electron chi connectivity index (χ0n) is 9.53. The number of carboxylic acids is 1. The van der Waals surface area contributed by atoms with E-state index in [0.29, 0.717) is 10.7 Å². The van der Waals surface area contributed by atoms with Gasteiger partial charge in [0.15, 0.2) is 0 Å². The quantitative estimate of drug-likeness (QED) is 0.860. The minimum Gasteiger partial charge on any atom is -0.478 e. The largest absolute Gasteiger partial charge is 0.478 e. The summed E-state index contributed by atoms with van der Waals surface area (Å²) in [7, 11) is 1.86. The van der Waals surface area contributed by atoms with Crippen LogP contribution in [-0.4, -0.2) is 24.7 Å². The number of hydrogen-bond acceptors (Lipinski definition) is 2. The molecule has 1 rings (SSSR count). The second-order valence-corrected chi connectivity index (χ2v) is 4.12. The number of hydrogen-bond donors (Lipinski definition) is 1. The fourth-order valence-corrected chi connectivity index (χ4v) is 1.90. The van der Waals surface area contributed by atoms with Crippen LogP contribution in [0.3, 0.4) is 0 Å². The van der Waals surface area contributed by atoms with Crippen molar-refractivity contribution in [2.24, 2.45) is 0 Å². The molecule has 0 spiro atoms. The number of anilines is 1. The van der Waals surface area contributed by atoms with Gasteiger partial charge in [0.2, 0.25) is 0 Å². The maximum atomic E-state index is 11.1. The van der Waals surface area contributed by atoms with E-state index in [1.807, 2.05) is 11.9 Å². The monoisotopic (exact) mass is 241 g/mol. The first-order valence-electron chi connectivity index (χ1n) is 5.30. The Labute approximate surface area is 101 Å². The first-order valence-corrected chi connectivity index (χ1v) is 5.68. The van der Waals surface area contributed by atoms with Gasteiger partial charge in [-0.2, -0.15) is 0 Å². The van der Waals surface area contributed by atoms with Gasteiger partial charge in [-0.15, -0.1) is 0 Å². The van der Waals surface area contributed by atoms with Crippen molar-refractivity contribution in [3.63, 3.8) is 0 Å². The van der Waals surface area contributed by atoms with Gasteiger partial charge in [0.1, 0.15) is 0 Å². The molecule has 1 aromatic carbocycles. The predicted octanol–water partition coefficient (Wildman–Crippen LogP) is 3.27. The highest BCUT2D eigenvalue weighted by Gasteiger charge is 2.16. The summed E-state index contributed by atoms with van der Waals surface area (Å²) in [4.78, 5) is 13.0. The SMILES string of the molecule is CCCCN(C)c1c(Cl)cccc1C(=O)O. The first-order chi connectivity index (χ1) is 7.57. The Morgan fingerprint density at radius 2 is 2.19 bits per heavy atom. The summed E-state index contributed by atoms with van der Waals surface area (Å²) in [6.07, 6.45) is 2.08. The van der Waals surface area contributed by atoms with Gasteiger partial charge in [0, 0.05) is 13.6 Å². The number of rotatable bonds is 5. The van der Waals surface area contributed by atoms with Crippen LogP contribution in [0.1, 0.15) is 30.1 Å². The number of nitrogens with zero attached hydrogens (tertiary/aromatic N) is 1. The molecule has 0 aliphatic carbocycles. The van der Waals surface area contributed by atoms with Gasteiger partial charge in [-0.3, -0.25) is 0 Å². The highest BCUT2D eigenvalue weighted by molar-refractivity contribution is 6.34. The number of para-hydroxylation sites is 1. The van der Waals surface area contributed by atoms with Crippen molar-refractivity contribution in [1.29, 1.82) is 0 Å². The average molecular weight is 242 g/mol. The van der Waals surface area contributed by atoms with Crippen molar-refractivity contribution >= 4 is 23.3 Å². The molecule has 3 nitrogen and oxygen atoms in total. The molecule has 0 radical (unpaired) electrons. The zero-order chi connectivity index (χ0) is 12.1. The Bertz CT molecular complexity index is 379. The van der Waals surface area contributed by atoms with E-state index in [1.54, 1.807) is 18.2 Å². The van der Waals surface area contributed by atoms with Crippen LogP contribution in [0.5, 0.6) is 0 Å². The lowest BCUT2D eigenvalue weighted by atomic mass is 10.1. The van der Waals surface area contributed by atoms with Gasteiger partial charge in [0.25, 0.3) is 0 Å². The molecule has 0 aromatic heterocycles. The predicted molar refractivity (Wildman–Crippen MR) is 66.6 cm³/mol. The van der Waals surface area contributed by atoms with Gasteiger partial charge < -0.3 is 10.0 Å². The lowest BCUT2D eigenvalue weighted by Crippen LogP contribution is -2.21. The molecule has 16 heavy (non-hydrogen) atoms. The number of aromatic carboxylic acids is 1. The van der Waals surface area contributed by atoms with Crippen molar-refractivity contribution in [3.8, 4) is 0 Å². The highest BCUT2D eigenvalue weighted by Crippen LogP contribution is 2.29. The van der Waals surface area contributed by atoms with Crippen LogP contribution in [0.4, 0.5) is 5.69 Å². The molecular formula is C12H16ClNO2. The molecule has 1 aromatic rings. The fraction of sp³-hybridized carbons (Fsp3) is 0.417. The number of halogens is 1. The lowest BCUT2D eigenvalue weighted by molar-refractivity contribution is 0.0697. The van der Waals surface area contributed by atoms with E-state index in [2.05, 4.69) is 6.92 Å². The first kappa shape index (κ1) is 12.8. The standard InChI is InChI=1S/C12H16ClNO2/c1-3-4-8-14(2)11-9(12(15)16)6-5-7-10(11)13/h5-7H,3-4,8H2,1-2H3,(H,15,16). The van der Waals surface area contributed by atoms with Gasteiger partial charge in [0.05, 0.1) is 16.3 Å². The van der Waals surface area contributed by atoms with Crippen LogP contribution in [0.2, 0.25) is 5.02 Å². The van der Waals surface area contributed by atoms with Gasteiger partial charge in [-0.1, -0.05) is 31.0 Å². The molecule has 0 unspecified atom stereocenters. The molecule has 0 aliphatic rings. The third kappa shape index (κ3) is 2.89. The van der Waals surface area contributed by atoms with Crippen LogP contribution < -0.4 is 4.90 Å². The van der Waals surface area contributed by atoms with Crippen molar-refractivity contribution in [2.75, 3.05) is 18.5 Å². The van der Waals surface area contributed by atoms with E-state index in [-0.39, 0.29) is 5.56 Å². The smallest absolute Gasteiger partial charge is 0.337 e. The number of carbonyl (C=O) groups is 1. The number of carboxylic acid groups (broad SMARTS) is 1. The molecule has 4 heteroatoms. The fourth-order valence-electron chi connectivity index (χ4n) is 1.58. The maximum Gasteiger partial charge on any atom is 0.337 e. The third-order valence-electron chi connectivity index (χ3n) is 2.45. The minimum atomic E-state index is -0.944. The van der Waals surface area contributed by atoms with Crippen molar-refractivity contribution in [3.05, 3.63) is 28.8 Å². The average Bonchev–Trinajstić information content (AvgIpc) is 2.25. The molecule has 0 heterocycles. The number of unbranched alkanes of at least 4 members (excludes halogenated alkanes) is 1. The summed E-state index contributed by atoms with van der Waals surface area (Å²) in [5.41, 5.74) is 0.858. The van der Waals surface area contributed by atoms with Crippen molar-refractivity contribution < 1.29 is 9.90 Å². The summed E-state index contributed by atoms with van der Waals surface area (Å²) in [6.45, 7) is 2.90. The lowest BCUT2D eigenvalue weighted by Gasteiger charge is -2.22. The van der Waals surface area contributed by atoms with Crippen LogP contribution in [-0.2, 0) is 0 Å². The summed E-state index contributed by atoms with van der Waals surface area (Å²) in [5.74, 6) is -0.944. The van der Waals surface area contributed by atoms with Crippen molar-refractivity contribution in [2.45, 2.75) is 19.8 Å².